The van der Waals surface area contributed by atoms with Crippen molar-refractivity contribution in [1.29, 1.82) is 0 Å². The molecule has 8 heteroatoms. The Morgan fingerprint density at radius 2 is 1.68 bits per heavy atom. The van der Waals surface area contributed by atoms with Crippen molar-refractivity contribution in [3.05, 3.63) is 64.2 Å². The molecule has 0 spiro atoms. The Balaban J connectivity index is 2.08. The number of alkyl carbamates (subject to hydrolysis) is 1. The number of nitrogens with zero attached hydrogens (tertiary/aromatic N) is 1. The van der Waals surface area contributed by atoms with Gasteiger partial charge in [-0.15, -0.1) is 0 Å². The third-order valence-corrected chi connectivity index (χ3v) is 7.95. The molecule has 2 atom stereocenters. The van der Waals surface area contributed by atoms with Gasteiger partial charge in [0.05, 0.1) is 0 Å². The molecular formula is C32H45N3O4S. The van der Waals surface area contributed by atoms with Gasteiger partial charge in [0, 0.05) is 11.7 Å². The molecule has 2 unspecified atom stereocenters. The van der Waals surface area contributed by atoms with Crippen LogP contribution in [0.15, 0.2) is 36.4 Å². The molecule has 1 saturated carbocycles. The van der Waals surface area contributed by atoms with Crippen LogP contribution in [0.5, 0.6) is 0 Å². The second-order valence-corrected chi connectivity index (χ2v) is 12.8. The van der Waals surface area contributed by atoms with E-state index in [0.717, 1.165) is 52.8 Å². The molecule has 0 aliphatic heterocycles. The quantitative estimate of drug-likeness (QED) is 0.337. The second-order valence-electron chi connectivity index (χ2n) is 11.8. The van der Waals surface area contributed by atoms with Crippen LogP contribution in [0, 0.1) is 27.7 Å². The van der Waals surface area contributed by atoms with Gasteiger partial charge in [0.1, 0.15) is 17.7 Å². The van der Waals surface area contributed by atoms with Gasteiger partial charge in [0.25, 0.3) is 5.91 Å². The lowest BCUT2D eigenvalue weighted by molar-refractivity contribution is -0.145. The number of anilines is 1. The highest BCUT2D eigenvalue weighted by Gasteiger charge is 2.42. The molecule has 0 radical (unpaired) electrons. The van der Waals surface area contributed by atoms with E-state index in [0.29, 0.717) is 12.2 Å². The molecule has 0 bridgehead atoms. The van der Waals surface area contributed by atoms with Crippen molar-refractivity contribution in [3.63, 3.8) is 0 Å². The largest absolute Gasteiger partial charge is 0.444 e. The lowest BCUT2D eigenvalue weighted by Crippen LogP contribution is -2.57. The number of carbonyl (C=O) groups is 3. The maximum absolute atomic E-state index is 14.5. The average molecular weight is 568 g/mol. The first kappa shape index (κ1) is 31.5. The molecule has 3 amide bonds. The number of thioether (sulfide) groups is 1. The van der Waals surface area contributed by atoms with Gasteiger partial charge in [0.15, 0.2) is 0 Å². The van der Waals surface area contributed by atoms with Crippen LogP contribution in [0.2, 0.25) is 0 Å². The molecule has 1 fully saturated rings. The van der Waals surface area contributed by atoms with Crippen LogP contribution in [0.25, 0.3) is 0 Å². The highest BCUT2D eigenvalue weighted by molar-refractivity contribution is 7.98. The summed E-state index contributed by atoms with van der Waals surface area (Å²) in [6.45, 7) is 13.3. The van der Waals surface area contributed by atoms with Gasteiger partial charge in [-0.1, -0.05) is 42.0 Å². The summed E-state index contributed by atoms with van der Waals surface area (Å²) in [5.41, 5.74) is 4.72. The summed E-state index contributed by atoms with van der Waals surface area (Å²) in [6, 6.07) is 10.1. The summed E-state index contributed by atoms with van der Waals surface area (Å²) >= 11 is 1.61. The smallest absolute Gasteiger partial charge is 0.408 e. The predicted molar refractivity (Wildman–Crippen MR) is 164 cm³/mol. The molecular weight excluding hydrogens is 522 g/mol. The summed E-state index contributed by atoms with van der Waals surface area (Å²) in [5.74, 6) is 0.160. The Hall–Kier alpha value is -3.00. The van der Waals surface area contributed by atoms with Gasteiger partial charge in [-0.05, 0) is 108 Å². The van der Waals surface area contributed by atoms with E-state index in [2.05, 4.69) is 10.6 Å². The van der Waals surface area contributed by atoms with Gasteiger partial charge < -0.3 is 20.3 Å². The van der Waals surface area contributed by atoms with Gasteiger partial charge >= 0.3 is 6.09 Å². The molecule has 40 heavy (non-hydrogen) atoms. The zero-order valence-electron chi connectivity index (χ0n) is 25.2. The maximum atomic E-state index is 14.5. The first-order chi connectivity index (χ1) is 18.8. The number of aryl methyl sites for hydroxylation is 4. The van der Waals surface area contributed by atoms with Crippen LogP contribution >= 0.6 is 11.8 Å². The molecule has 7 nitrogen and oxygen atoms in total. The van der Waals surface area contributed by atoms with Crippen LogP contribution in [0.4, 0.5) is 10.5 Å². The standard InChI is InChI=1S/C32H45N3O4S/c1-20-15-16-21(2)25(19-20)28(29(36)34-27-22(3)11-9-12-23(27)4)35(24-13-10-14-24)30(37)26(17-18-40-8)33-31(38)39-32(5,6)7/h9,11-12,15-16,19,24,26,28H,10,13-14,17-18H2,1-8H3,(H,33,38)(H,34,36). The molecule has 1 aliphatic carbocycles. The van der Waals surface area contributed by atoms with Crippen LogP contribution < -0.4 is 10.6 Å². The third kappa shape index (κ3) is 8.03. The van der Waals surface area contributed by atoms with Crippen LogP contribution in [0.3, 0.4) is 0 Å². The highest BCUT2D eigenvalue weighted by Crippen LogP contribution is 2.36. The van der Waals surface area contributed by atoms with Crippen molar-refractivity contribution in [2.45, 2.75) is 97.9 Å². The number of amides is 3. The van der Waals surface area contributed by atoms with Gasteiger partial charge in [0.2, 0.25) is 5.91 Å². The maximum Gasteiger partial charge on any atom is 0.408 e. The van der Waals surface area contributed by atoms with Crippen molar-refractivity contribution in [2.75, 3.05) is 17.3 Å². The molecule has 3 rings (SSSR count). The fraction of sp³-hybridized carbons (Fsp3) is 0.531. The fourth-order valence-corrected chi connectivity index (χ4v) is 5.45. The normalized spacial score (nSPS) is 15.0. The minimum absolute atomic E-state index is 0.0988. The van der Waals surface area contributed by atoms with Gasteiger partial charge in [-0.3, -0.25) is 9.59 Å². The van der Waals surface area contributed by atoms with Gasteiger partial charge in [-0.2, -0.15) is 11.8 Å². The van der Waals surface area contributed by atoms with E-state index in [1.54, 1.807) is 37.4 Å². The SMILES string of the molecule is CSCCC(NC(=O)OC(C)(C)C)C(=O)N(C1CCC1)C(C(=O)Nc1c(C)cccc1C)c1cc(C)ccc1C. The van der Waals surface area contributed by atoms with Crippen LogP contribution in [-0.4, -0.2) is 52.5 Å². The van der Waals surface area contributed by atoms with Crippen LogP contribution in [-0.2, 0) is 14.3 Å². The Kier molecular flexibility index (Phi) is 10.7. The fourth-order valence-electron chi connectivity index (χ4n) is 4.98. The lowest BCUT2D eigenvalue weighted by Gasteiger charge is -2.44. The van der Waals surface area contributed by atoms with E-state index in [4.69, 9.17) is 4.74 Å². The Morgan fingerprint density at radius 3 is 2.23 bits per heavy atom. The first-order valence-electron chi connectivity index (χ1n) is 14.1. The number of rotatable bonds is 10. The van der Waals surface area contributed by atoms with Crippen molar-refractivity contribution in [1.82, 2.24) is 10.2 Å². The van der Waals surface area contributed by atoms with E-state index >= 15 is 0 Å². The minimum Gasteiger partial charge on any atom is -0.444 e. The molecule has 0 heterocycles. The zero-order valence-corrected chi connectivity index (χ0v) is 26.0. The number of para-hydroxylation sites is 1. The lowest BCUT2D eigenvalue weighted by atomic mass is 9.86. The number of hydrogen-bond acceptors (Lipinski definition) is 5. The predicted octanol–water partition coefficient (Wildman–Crippen LogP) is 6.63. The topological polar surface area (TPSA) is 87.7 Å². The minimum atomic E-state index is -0.853. The average Bonchev–Trinajstić information content (AvgIpc) is 2.83. The first-order valence-corrected chi connectivity index (χ1v) is 15.5. The number of nitrogens with one attached hydrogen (secondary N) is 2. The third-order valence-electron chi connectivity index (χ3n) is 7.31. The summed E-state index contributed by atoms with van der Waals surface area (Å²) in [7, 11) is 0. The summed E-state index contributed by atoms with van der Waals surface area (Å²) in [6.07, 6.45) is 4.37. The highest BCUT2D eigenvalue weighted by atomic mass is 32.2. The number of hydrogen-bond donors (Lipinski definition) is 2. The summed E-state index contributed by atoms with van der Waals surface area (Å²) in [5, 5.41) is 6.00. The Morgan fingerprint density at radius 1 is 1.02 bits per heavy atom. The molecule has 2 aromatic carbocycles. The van der Waals surface area contributed by atoms with Crippen molar-refractivity contribution in [2.24, 2.45) is 0 Å². The van der Waals surface area contributed by atoms with Crippen molar-refractivity contribution < 1.29 is 19.1 Å². The number of benzene rings is 2. The molecule has 218 valence electrons. The Bertz CT molecular complexity index is 1200. The van der Waals surface area contributed by atoms with Crippen LogP contribution in [0.1, 0.15) is 80.3 Å². The molecule has 1 aliphatic rings. The van der Waals surface area contributed by atoms with E-state index in [-0.39, 0.29) is 17.9 Å². The summed E-state index contributed by atoms with van der Waals surface area (Å²) in [4.78, 5) is 43.3. The molecule has 2 aromatic rings. The molecule has 2 N–H and O–H groups in total. The number of ether oxygens (including phenoxy) is 1. The summed E-state index contributed by atoms with van der Waals surface area (Å²) < 4.78 is 5.50. The van der Waals surface area contributed by atoms with Crippen molar-refractivity contribution >= 4 is 35.4 Å². The van der Waals surface area contributed by atoms with E-state index in [1.165, 1.54) is 0 Å². The Labute approximate surface area is 243 Å². The number of carbonyl (C=O) groups excluding carboxylic acids is 3. The van der Waals surface area contributed by atoms with Crippen molar-refractivity contribution in [3.8, 4) is 0 Å². The van der Waals surface area contributed by atoms with Gasteiger partial charge in [-0.25, -0.2) is 4.79 Å². The zero-order chi connectivity index (χ0) is 29.6. The molecule has 0 aromatic heterocycles. The second kappa shape index (κ2) is 13.6. The van der Waals surface area contributed by atoms with E-state index < -0.39 is 23.8 Å². The molecule has 0 saturated heterocycles. The monoisotopic (exact) mass is 567 g/mol. The van der Waals surface area contributed by atoms with E-state index in [9.17, 15) is 14.4 Å². The van der Waals surface area contributed by atoms with E-state index in [1.807, 2.05) is 70.3 Å².